The van der Waals surface area contributed by atoms with Gasteiger partial charge in [0, 0.05) is 36.6 Å². The van der Waals surface area contributed by atoms with Gasteiger partial charge in [0.25, 0.3) is 0 Å². The Morgan fingerprint density at radius 1 is 1.12 bits per heavy atom. The Kier molecular flexibility index (Phi) is 6.36. The number of rotatable bonds is 4. The summed E-state index contributed by atoms with van der Waals surface area (Å²) in [7, 11) is 0. The van der Waals surface area contributed by atoms with Gasteiger partial charge < -0.3 is 9.47 Å². The standard InChI is InChI=1S/C21H22ClNO2/c1-17-16-18(4-2-3-11-23-12-14-24-15-13-23)5-10-21(17)25-20-8-6-19(22)7-9-20/h5-10,16H,3,11-15H2,1H3. The minimum absolute atomic E-state index is 0.701. The van der Waals surface area contributed by atoms with Crippen LogP contribution in [0.3, 0.4) is 0 Å². The molecule has 3 nitrogen and oxygen atoms in total. The zero-order valence-corrected chi connectivity index (χ0v) is 15.2. The molecule has 25 heavy (non-hydrogen) atoms. The second-order valence-corrected chi connectivity index (χ2v) is 6.48. The summed E-state index contributed by atoms with van der Waals surface area (Å²) in [6, 6.07) is 13.4. The van der Waals surface area contributed by atoms with Crippen LogP contribution < -0.4 is 4.74 Å². The van der Waals surface area contributed by atoms with Gasteiger partial charge in [0.05, 0.1) is 13.2 Å². The fourth-order valence-corrected chi connectivity index (χ4v) is 2.80. The predicted molar refractivity (Wildman–Crippen MR) is 101 cm³/mol. The number of hydrogen-bond donors (Lipinski definition) is 0. The first-order valence-electron chi connectivity index (χ1n) is 8.54. The lowest BCUT2D eigenvalue weighted by molar-refractivity contribution is 0.0390. The molecule has 2 aromatic rings. The van der Waals surface area contributed by atoms with Gasteiger partial charge in [0.1, 0.15) is 11.5 Å². The number of hydrogen-bond acceptors (Lipinski definition) is 3. The highest BCUT2D eigenvalue weighted by Crippen LogP contribution is 2.26. The maximum atomic E-state index is 5.90. The van der Waals surface area contributed by atoms with Crippen LogP contribution >= 0.6 is 11.6 Å². The quantitative estimate of drug-likeness (QED) is 0.753. The van der Waals surface area contributed by atoms with Crippen molar-refractivity contribution in [1.29, 1.82) is 0 Å². The molecule has 4 heteroatoms. The van der Waals surface area contributed by atoms with Gasteiger partial charge in [-0.15, -0.1) is 0 Å². The Hall–Kier alpha value is -1.99. The fourth-order valence-electron chi connectivity index (χ4n) is 2.67. The van der Waals surface area contributed by atoms with Gasteiger partial charge in [-0.2, -0.15) is 0 Å². The summed E-state index contributed by atoms with van der Waals surface area (Å²) >= 11 is 5.90. The van der Waals surface area contributed by atoms with Crippen molar-refractivity contribution >= 4 is 11.6 Å². The second-order valence-electron chi connectivity index (χ2n) is 6.04. The lowest BCUT2D eigenvalue weighted by Crippen LogP contribution is -2.36. The molecule has 1 aliphatic heterocycles. The van der Waals surface area contributed by atoms with Gasteiger partial charge in [0.15, 0.2) is 0 Å². The van der Waals surface area contributed by atoms with Crippen LogP contribution in [0, 0.1) is 18.8 Å². The third-order valence-electron chi connectivity index (χ3n) is 4.11. The summed E-state index contributed by atoms with van der Waals surface area (Å²) in [5, 5.41) is 0.701. The van der Waals surface area contributed by atoms with Crippen LogP contribution in [-0.2, 0) is 4.74 Å². The molecule has 0 unspecified atom stereocenters. The summed E-state index contributed by atoms with van der Waals surface area (Å²) in [4.78, 5) is 2.40. The fraction of sp³-hybridized carbons (Fsp3) is 0.333. The number of benzene rings is 2. The van der Waals surface area contributed by atoms with Gasteiger partial charge in [-0.25, -0.2) is 0 Å². The number of nitrogens with zero attached hydrogens (tertiary/aromatic N) is 1. The van der Waals surface area contributed by atoms with Crippen molar-refractivity contribution in [3.8, 4) is 23.3 Å². The normalized spacial score (nSPS) is 14.6. The lowest BCUT2D eigenvalue weighted by Gasteiger charge is -2.25. The summed E-state index contributed by atoms with van der Waals surface area (Å²) in [6.07, 6.45) is 0.877. The zero-order valence-electron chi connectivity index (χ0n) is 14.4. The third-order valence-corrected chi connectivity index (χ3v) is 4.36. The van der Waals surface area contributed by atoms with Crippen molar-refractivity contribution in [3.63, 3.8) is 0 Å². The number of aryl methyl sites for hydroxylation is 1. The van der Waals surface area contributed by atoms with E-state index in [-0.39, 0.29) is 0 Å². The zero-order chi connectivity index (χ0) is 17.5. The highest BCUT2D eigenvalue weighted by atomic mass is 35.5. The molecule has 0 radical (unpaired) electrons. The second kappa shape index (κ2) is 8.92. The van der Waals surface area contributed by atoms with E-state index in [0.29, 0.717) is 5.02 Å². The molecule has 130 valence electrons. The predicted octanol–water partition coefficient (Wildman–Crippen LogP) is 4.51. The summed E-state index contributed by atoms with van der Waals surface area (Å²) < 4.78 is 11.3. The van der Waals surface area contributed by atoms with Gasteiger partial charge in [0.2, 0.25) is 0 Å². The van der Waals surface area contributed by atoms with Crippen LogP contribution in [0.25, 0.3) is 0 Å². The first-order valence-corrected chi connectivity index (χ1v) is 8.91. The average molecular weight is 356 g/mol. The monoisotopic (exact) mass is 355 g/mol. The number of morpholine rings is 1. The summed E-state index contributed by atoms with van der Waals surface area (Å²) in [6.45, 7) is 6.73. The SMILES string of the molecule is Cc1cc(C#CCCN2CCOCC2)ccc1Oc1ccc(Cl)cc1. The molecule has 0 N–H and O–H groups in total. The molecular formula is C21H22ClNO2. The lowest BCUT2D eigenvalue weighted by atomic mass is 10.1. The van der Waals surface area contributed by atoms with E-state index in [2.05, 4.69) is 22.8 Å². The van der Waals surface area contributed by atoms with E-state index in [9.17, 15) is 0 Å². The highest BCUT2D eigenvalue weighted by Gasteiger charge is 2.08. The van der Waals surface area contributed by atoms with Gasteiger partial charge in [-0.3, -0.25) is 4.90 Å². The van der Waals surface area contributed by atoms with Crippen LogP contribution in [0.1, 0.15) is 17.5 Å². The van der Waals surface area contributed by atoms with Crippen molar-refractivity contribution in [3.05, 3.63) is 58.6 Å². The number of ether oxygens (including phenoxy) is 2. The van der Waals surface area contributed by atoms with Crippen molar-refractivity contribution in [1.82, 2.24) is 4.90 Å². The van der Waals surface area contributed by atoms with Crippen molar-refractivity contribution in [2.45, 2.75) is 13.3 Å². The summed E-state index contributed by atoms with van der Waals surface area (Å²) in [5.41, 5.74) is 2.08. The van der Waals surface area contributed by atoms with Crippen LogP contribution in [0.2, 0.25) is 5.02 Å². The summed E-state index contributed by atoms with van der Waals surface area (Å²) in [5.74, 6) is 8.12. The van der Waals surface area contributed by atoms with Crippen LogP contribution in [0.4, 0.5) is 0 Å². The molecule has 0 atom stereocenters. The molecule has 1 aliphatic rings. The molecular weight excluding hydrogens is 334 g/mol. The van der Waals surface area contributed by atoms with E-state index in [1.54, 1.807) is 0 Å². The Balaban J connectivity index is 1.56. The molecule has 1 heterocycles. The molecule has 1 saturated heterocycles. The largest absolute Gasteiger partial charge is 0.457 e. The molecule has 1 fully saturated rings. The third kappa shape index (κ3) is 5.51. The topological polar surface area (TPSA) is 21.7 Å². The van der Waals surface area contributed by atoms with Gasteiger partial charge in [-0.1, -0.05) is 23.4 Å². The van der Waals surface area contributed by atoms with E-state index < -0.39 is 0 Å². The van der Waals surface area contributed by atoms with E-state index in [1.165, 1.54) is 0 Å². The molecule has 0 saturated carbocycles. The molecule has 0 aliphatic carbocycles. The molecule has 0 aromatic heterocycles. The van der Waals surface area contributed by atoms with E-state index >= 15 is 0 Å². The Labute approximate surface area is 154 Å². The van der Waals surface area contributed by atoms with Crippen molar-refractivity contribution in [2.75, 3.05) is 32.8 Å². The maximum Gasteiger partial charge on any atom is 0.130 e. The molecule has 0 amide bonds. The Bertz CT molecular complexity index is 756. The first-order chi connectivity index (χ1) is 12.2. The highest BCUT2D eigenvalue weighted by molar-refractivity contribution is 6.30. The van der Waals surface area contributed by atoms with Gasteiger partial charge in [-0.05, 0) is 55.0 Å². The van der Waals surface area contributed by atoms with Crippen molar-refractivity contribution < 1.29 is 9.47 Å². The Morgan fingerprint density at radius 2 is 1.88 bits per heavy atom. The molecule has 0 spiro atoms. The molecule has 3 rings (SSSR count). The molecule has 0 bridgehead atoms. The number of halogens is 1. The maximum absolute atomic E-state index is 5.90. The first kappa shape index (κ1) is 17.8. The van der Waals surface area contributed by atoms with Gasteiger partial charge >= 0.3 is 0 Å². The minimum atomic E-state index is 0.701. The van der Waals surface area contributed by atoms with Crippen LogP contribution in [0.5, 0.6) is 11.5 Å². The minimum Gasteiger partial charge on any atom is -0.457 e. The van der Waals surface area contributed by atoms with E-state index in [0.717, 1.165) is 61.9 Å². The van der Waals surface area contributed by atoms with Crippen molar-refractivity contribution in [2.24, 2.45) is 0 Å². The Morgan fingerprint density at radius 3 is 2.60 bits per heavy atom. The molecule has 2 aromatic carbocycles. The van der Waals surface area contributed by atoms with E-state index in [1.807, 2.05) is 43.3 Å². The van der Waals surface area contributed by atoms with Crippen LogP contribution in [0.15, 0.2) is 42.5 Å². The smallest absolute Gasteiger partial charge is 0.130 e. The van der Waals surface area contributed by atoms with Crippen LogP contribution in [-0.4, -0.2) is 37.7 Å². The average Bonchev–Trinajstić information content (AvgIpc) is 2.63. The van der Waals surface area contributed by atoms with E-state index in [4.69, 9.17) is 21.1 Å².